The number of hydrazone groups is 1. The van der Waals surface area contributed by atoms with Gasteiger partial charge in [-0.05, 0) is 30.3 Å². The van der Waals surface area contributed by atoms with Gasteiger partial charge in [-0.3, -0.25) is 4.79 Å². The van der Waals surface area contributed by atoms with Gasteiger partial charge in [0.25, 0.3) is 5.91 Å². The van der Waals surface area contributed by atoms with Crippen LogP contribution in [0.5, 0.6) is 5.75 Å². The molecule has 0 aliphatic carbocycles. The fraction of sp³-hybridized carbons (Fsp3) is 0.0667. The predicted molar refractivity (Wildman–Crippen MR) is 79.1 cm³/mol. The van der Waals surface area contributed by atoms with Gasteiger partial charge in [-0.2, -0.15) is 5.10 Å². The molecule has 0 radical (unpaired) electrons. The van der Waals surface area contributed by atoms with Gasteiger partial charge in [-0.25, -0.2) is 9.82 Å². The van der Waals surface area contributed by atoms with Crippen LogP contribution in [0.3, 0.4) is 0 Å². The van der Waals surface area contributed by atoms with Crippen LogP contribution in [0.25, 0.3) is 0 Å². The number of benzene rings is 2. The van der Waals surface area contributed by atoms with Crippen LogP contribution in [0, 0.1) is 5.82 Å². The number of carbonyl (C=O) groups is 1. The molecule has 21 heavy (non-hydrogen) atoms. The summed E-state index contributed by atoms with van der Waals surface area (Å²) in [5.41, 5.74) is 3.01. The van der Waals surface area contributed by atoms with Gasteiger partial charge >= 0.3 is 0 Å². The maximum absolute atomic E-state index is 12.7. The summed E-state index contributed by atoms with van der Waals surface area (Å²) in [5.74, 6) is -0.389. The third-order valence-corrected chi connectivity index (χ3v) is 2.83. The van der Waals surface area contributed by atoms with Crippen LogP contribution in [-0.2, 0) is 4.79 Å². The van der Waals surface area contributed by atoms with Crippen LogP contribution in [0.4, 0.5) is 4.39 Å². The second-order valence-corrected chi connectivity index (χ2v) is 4.46. The van der Waals surface area contributed by atoms with Crippen LogP contribution in [0.15, 0.2) is 53.6 Å². The number of hydrogen-bond donors (Lipinski definition) is 1. The Morgan fingerprint density at radius 3 is 2.67 bits per heavy atom. The fourth-order valence-corrected chi connectivity index (χ4v) is 1.65. The lowest BCUT2D eigenvalue weighted by Crippen LogP contribution is -2.24. The summed E-state index contributed by atoms with van der Waals surface area (Å²) in [6.45, 7) is -0.217. The number of rotatable bonds is 5. The van der Waals surface area contributed by atoms with E-state index < -0.39 is 5.91 Å². The highest BCUT2D eigenvalue weighted by Gasteiger charge is 2.01. The lowest BCUT2D eigenvalue weighted by atomic mass is 10.2. The Kier molecular flexibility index (Phi) is 5.29. The van der Waals surface area contributed by atoms with Gasteiger partial charge in [0.2, 0.25) is 0 Å². The lowest BCUT2D eigenvalue weighted by Gasteiger charge is -2.04. The molecule has 2 rings (SSSR count). The maximum Gasteiger partial charge on any atom is 0.277 e. The molecule has 0 aliphatic rings. The molecular weight excluding hydrogens is 295 g/mol. The van der Waals surface area contributed by atoms with Crippen LogP contribution in [0.1, 0.15) is 5.56 Å². The number of halogens is 2. The first-order valence-corrected chi connectivity index (χ1v) is 6.48. The van der Waals surface area contributed by atoms with Crippen molar-refractivity contribution >= 4 is 23.7 Å². The molecule has 1 amide bonds. The Balaban J connectivity index is 1.80. The molecule has 0 aliphatic heterocycles. The average Bonchev–Trinajstić information content (AvgIpc) is 2.49. The molecule has 0 fully saturated rings. The molecule has 0 saturated carbocycles. The highest BCUT2D eigenvalue weighted by Crippen LogP contribution is 2.12. The monoisotopic (exact) mass is 306 g/mol. The molecule has 0 bridgehead atoms. The van der Waals surface area contributed by atoms with Crippen molar-refractivity contribution in [1.29, 1.82) is 0 Å². The number of ether oxygens (including phenoxy) is 1. The smallest absolute Gasteiger partial charge is 0.277 e. The van der Waals surface area contributed by atoms with Crippen molar-refractivity contribution in [3.05, 3.63) is 64.9 Å². The lowest BCUT2D eigenvalue weighted by molar-refractivity contribution is -0.123. The zero-order chi connectivity index (χ0) is 15.1. The standard InChI is InChI=1S/C15H12ClFN2O2/c16-14-4-2-1-3-11(14)9-18-19-15(20)10-21-13-7-5-12(17)6-8-13/h1-9H,10H2,(H,19,20). The average molecular weight is 307 g/mol. The zero-order valence-corrected chi connectivity index (χ0v) is 11.7. The summed E-state index contributed by atoms with van der Waals surface area (Å²) in [6.07, 6.45) is 1.44. The third-order valence-electron chi connectivity index (χ3n) is 2.48. The Morgan fingerprint density at radius 1 is 1.24 bits per heavy atom. The largest absolute Gasteiger partial charge is 0.484 e. The van der Waals surface area contributed by atoms with Gasteiger partial charge < -0.3 is 4.74 Å². The van der Waals surface area contributed by atoms with Gasteiger partial charge in [-0.1, -0.05) is 29.8 Å². The van der Waals surface area contributed by atoms with Gasteiger partial charge in [0.05, 0.1) is 6.21 Å². The molecule has 0 aromatic heterocycles. The first-order valence-electron chi connectivity index (χ1n) is 6.10. The van der Waals surface area contributed by atoms with Crippen molar-refractivity contribution in [2.24, 2.45) is 5.10 Å². The van der Waals surface area contributed by atoms with E-state index in [9.17, 15) is 9.18 Å². The van der Waals surface area contributed by atoms with E-state index >= 15 is 0 Å². The molecule has 0 unspecified atom stereocenters. The molecule has 1 N–H and O–H groups in total. The first kappa shape index (κ1) is 15.0. The topological polar surface area (TPSA) is 50.7 Å². The van der Waals surface area contributed by atoms with E-state index in [1.54, 1.807) is 18.2 Å². The van der Waals surface area contributed by atoms with Gasteiger partial charge in [0.15, 0.2) is 6.61 Å². The summed E-state index contributed by atoms with van der Waals surface area (Å²) >= 11 is 5.93. The van der Waals surface area contributed by atoms with Gasteiger partial charge in [-0.15, -0.1) is 0 Å². The molecule has 0 heterocycles. The Hall–Kier alpha value is -2.40. The van der Waals surface area contributed by atoms with Crippen LogP contribution >= 0.6 is 11.6 Å². The van der Waals surface area contributed by atoms with Crippen LogP contribution in [0.2, 0.25) is 5.02 Å². The summed E-state index contributed by atoms with van der Waals surface area (Å²) in [5, 5.41) is 4.32. The molecule has 4 nitrogen and oxygen atoms in total. The minimum atomic E-state index is -0.428. The van der Waals surface area contributed by atoms with E-state index in [4.69, 9.17) is 16.3 Å². The Morgan fingerprint density at radius 2 is 1.95 bits per heavy atom. The summed E-state index contributed by atoms with van der Waals surface area (Å²) in [4.78, 5) is 11.5. The third kappa shape index (κ3) is 4.89. The SMILES string of the molecule is O=C(COc1ccc(F)cc1)NN=Cc1ccccc1Cl. The van der Waals surface area contributed by atoms with E-state index in [1.165, 1.54) is 30.5 Å². The summed E-state index contributed by atoms with van der Waals surface area (Å²) in [7, 11) is 0. The number of nitrogens with zero attached hydrogens (tertiary/aromatic N) is 1. The molecule has 0 spiro atoms. The van der Waals surface area contributed by atoms with Crippen molar-refractivity contribution < 1.29 is 13.9 Å². The van der Waals surface area contributed by atoms with Crippen LogP contribution in [-0.4, -0.2) is 18.7 Å². The highest BCUT2D eigenvalue weighted by molar-refractivity contribution is 6.33. The molecule has 0 atom stereocenters. The molecule has 108 valence electrons. The Bertz CT molecular complexity index is 644. The molecule has 0 saturated heterocycles. The normalized spacial score (nSPS) is 10.6. The van der Waals surface area contributed by atoms with E-state index in [-0.39, 0.29) is 12.4 Å². The van der Waals surface area contributed by atoms with E-state index in [2.05, 4.69) is 10.5 Å². The Labute approximate surface area is 126 Å². The zero-order valence-electron chi connectivity index (χ0n) is 10.9. The number of carbonyl (C=O) groups excluding carboxylic acids is 1. The van der Waals surface area contributed by atoms with Crippen molar-refractivity contribution in [3.8, 4) is 5.75 Å². The van der Waals surface area contributed by atoms with E-state index in [1.807, 2.05) is 6.07 Å². The summed E-state index contributed by atoms with van der Waals surface area (Å²) in [6, 6.07) is 12.5. The highest BCUT2D eigenvalue weighted by atomic mass is 35.5. The molecule has 2 aromatic carbocycles. The van der Waals surface area contributed by atoms with Crippen molar-refractivity contribution in [2.75, 3.05) is 6.61 Å². The predicted octanol–water partition coefficient (Wildman–Crippen LogP) is 3.01. The molecular formula is C15H12ClFN2O2. The van der Waals surface area contributed by atoms with Crippen molar-refractivity contribution in [3.63, 3.8) is 0 Å². The second kappa shape index (κ2) is 7.40. The van der Waals surface area contributed by atoms with Gasteiger partial charge in [0.1, 0.15) is 11.6 Å². The maximum atomic E-state index is 12.7. The van der Waals surface area contributed by atoms with E-state index in [0.29, 0.717) is 16.3 Å². The summed E-state index contributed by atoms with van der Waals surface area (Å²) < 4.78 is 17.9. The minimum Gasteiger partial charge on any atom is -0.484 e. The number of amides is 1. The number of nitrogens with one attached hydrogen (secondary N) is 1. The quantitative estimate of drug-likeness (QED) is 0.682. The van der Waals surface area contributed by atoms with E-state index in [0.717, 1.165) is 0 Å². The minimum absolute atomic E-state index is 0.217. The molecule has 2 aromatic rings. The van der Waals surface area contributed by atoms with Crippen molar-refractivity contribution in [2.45, 2.75) is 0 Å². The molecule has 6 heteroatoms. The fourth-order valence-electron chi connectivity index (χ4n) is 1.47. The number of hydrogen-bond acceptors (Lipinski definition) is 3. The first-order chi connectivity index (χ1) is 10.1. The second-order valence-electron chi connectivity index (χ2n) is 4.06. The van der Waals surface area contributed by atoms with Crippen molar-refractivity contribution in [1.82, 2.24) is 5.43 Å². The van der Waals surface area contributed by atoms with Crippen LogP contribution < -0.4 is 10.2 Å². The van der Waals surface area contributed by atoms with Gasteiger partial charge in [0, 0.05) is 10.6 Å².